The molecule has 3 heteroatoms. The monoisotopic (exact) mass is 274 g/mol. The highest BCUT2D eigenvalue weighted by atomic mass is 32.1. The van der Waals surface area contributed by atoms with Crippen LogP contribution in [0, 0.1) is 12.7 Å². The van der Waals surface area contributed by atoms with E-state index in [1.807, 2.05) is 6.07 Å². The van der Waals surface area contributed by atoms with Gasteiger partial charge in [0.1, 0.15) is 5.82 Å². The highest BCUT2D eigenvalue weighted by molar-refractivity contribution is 7.14. The van der Waals surface area contributed by atoms with Crippen LogP contribution < -0.4 is 0 Å². The quantitative estimate of drug-likeness (QED) is 0.746. The Labute approximate surface area is 116 Å². The Balaban J connectivity index is 1.95. The maximum atomic E-state index is 13.5. The number of carbonyl (C=O) groups is 1. The first-order valence-corrected chi connectivity index (χ1v) is 7.39. The van der Waals surface area contributed by atoms with Gasteiger partial charge in [-0.2, -0.15) is 0 Å². The van der Waals surface area contributed by atoms with Crippen LogP contribution in [0.1, 0.15) is 44.1 Å². The van der Waals surface area contributed by atoms with Crippen molar-refractivity contribution >= 4 is 17.1 Å². The van der Waals surface area contributed by atoms with E-state index in [0.717, 1.165) is 17.7 Å². The fourth-order valence-electron chi connectivity index (χ4n) is 2.48. The first kappa shape index (κ1) is 12.5. The van der Waals surface area contributed by atoms with Crippen LogP contribution in [-0.4, -0.2) is 5.78 Å². The third-order valence-electron chi connectivity index (χ3n) is 3.65. The van der Waals surface area contributed by atoms with Gasteiger partial charge < -0.3 is 0 Å². The Morgan fingerprint density at radius 3 is 2.74 bits per heavy atom. The standard InChI is InChI=1S/C16H15FOS/c1-10-6-7-12(8-13(10)17)16(18)15-9-11-4-2-3-5-14(11)19-15/h6-9H,2-5H2,1H3. The van der Waals surface area contributed by atoms with Gasteiger partial charge in [-0.3, -0.25) is 4.79 Å². The van der Waals surface area contributed by atoms with Crippen molar-refractivity contribution in [2.24, 2.45) is 0 Å². The predicted octanol–water partition coefficient (Wildman–Crippen LogP) is 4.31. The van der Waals surface area contributed by atoms with E-state index in [0.29, 0.717) is 11.1 Å². The van der Waals surface area contributed by atoms with Gasteiger partial charge in [0, 0.05) is 10.4 Å². The van der Waals surface area contributed by atoms with Gasteiger partial charge in [-0.05, 0) is 55.9 Å². The molecular formula is C16H15FOS. The summed E-state index contributed by atoms with van der Waals surface area (Å²) in [6, 6.07) is 6.71. The van der Waals surface area contributed by atoms with Gasteiger partial charge in [-0.25, -0.2) is 4.39 Å². The molecule has 0 N–H and O–H groups in total. The van der Waals surface area contributed by atoms with Crippen molar-refractivity contribution < 1.29 is 9.18 Å². The molecular weight excluding hydrogens is 259 g/mol. The topological polar surface area (TPSA) is 17.1 Å². The zero-order chi connectivity index (χ0) is 13.4. The molecule has 0 atom stereocenters. The molecule has 0 saturated heterocycles. The second kappa shape index (κ2) is 4.89. The molecule has 0 bridgehead atoms. The van der Waals surface area contributed by atoms with Gasteiger partial charge >= 0.3 is 0 Å². The van der Waals surface area contributed by atoms with Crippen LogP contribution in [0.3, 0.4) is 0 Å². The van der Waals surface area contributed by atoms with Crippen molar-refractivity contribution in [2.75, 3.05) is 0 Å². The van der Waals surface area contributed by atoms with Gasteiger partial charge in [-0.15, -0.1) is 11.3 Å². The summed E-state index contributed by atoms with van der Waals surface area (Å²) in [5.41, 5.74) is 2.33. The van der Waals surface area contributed by atoms with Gasteiger partial charge in [0.25, 0.3) is 0 Å². The number of benzene rings is 1. The fourth-order valence-corrected chi connectivity index (χ4v) is 3.69. The number of fused-ring (bicyclic) bond motifs is 1. The van der Waals surface area contributed by atoms with Crippen molar-refractivity contribution in [3.05, 3.63) is 56.5 Å². The summed E-state index contributed by atoms with van der Waals surface area (Å²) in [5, 5.41) is 0. The summed E-state index contributed by atoms with van der Waals surface area (Å²) >= 11 is 1.58. The number of hydrogen-bond acceptors (Lipinski definition) is 2. The van der Waals surface area contributed by atoms with Crippen LogP contribution in [-0.2, 0) is 12.8 Å². The smallest absolute Gasteiger partial charge is 0.203 e. The summed E-state index contributed by atoms with van der Waals surface area (Å²) in [6.45, 7) is 1.70. The third-order valence-corrected chi connectivity index (χ3v) is 4.89. The molecule has 1 aliphatic carbocycles. The minimum absolute atomic E-state index is 0.0571. The molecule has 1 aliphatic rings. The molecule has 0 radical (unpaired) electrons. The highest BCUT2D eigenvalue weighted by Gasteiger charge is 2.18. The van der Waals surface area contributed by atoms with Crippen LogP contribution in [0.4, 0.5) is 4.39 Å². The molecule has 2 aromatic rings. The van der Waals surface area contributed by atoms with E-state index in [1.54, 1.807) is 30.4 Å². The Kier molecular flexibility index (Phi) is 3.23. The Morgan fingerprint density at radius 1 is 1.21 bits per heavy atom. The first-order chi connectivity index (χ1) is 9.15. The highest BCUT2D eigenvalue weighted by Crippen LogP contribution is 2.31. The number of halogens is 1. The minimum Gasteiger partial charge on any atom is -0.288 e. The lowest BCUT2D eigenvalue weighted by Crippen LogP contribution is -2.00. The molecule has 0 fully saturated rings. The number of carbonyl (C=O) groups excluding carboxylic acids is 1. The van der Waals surface area contributed by atoms with E-state index in [9.17, 15) is 9.18 Å². The van der Waals surface area contributed by atoms with Crippen molar-refractivity contribution in [1.82, 2.24) is 0 Å². The predicted molar refractivity (Wildman–Crippen MR) is 75.5 cm³/mol. The van der Waals surface area contributed by atoms with Crippen LogP contribution in [0.25, 0.3) is 0 Å². The lowest BCUT2D eigenvalue weighted by molar-refractivity contribution is 0.104. The summed E-state index contributed by atoms with van der Waals surface area (Å²) in [6.07, 6.45) is 4.56. The van der Waals surface area contributed by atoms with E-state index in [4.69, 9.17) is 0 Å². The van der Waals surface area contributed by atoms with Crippen LogP contribution in [0.15, 0.2) is 24.3 Å². The maximum absolute atomic E-state index is 13.5. The fraction of sp³-hybridized carbons (Fsp3) is 0.312. The molecule has 1 nitrogen and oxygen atoms in total. The second-order valence-electron chi connectivity index (χ2n) is 5.06. The number of thiophene rings is 1. The maximum Gasteiger partial charge on any atom is 0.203 e. The van der Waals surface area contributed by atoms with Crippen molar-refractivity contribution in [3.63, 3.8) is 0 Å². The molecule has 3 rings (SSSR count). The SMILES string of the molecule is Cc1ccc(C(=O)c2cc3c(s2)CCCC3)cc1F. The largest absolute Gasteiger partial charge is 0.288 e. The Bertz CT molecular complexity index is 619. The Morgan fingerprint density at radius 2 is 2.00 bits per heavy atom. The number of aryl methyl sites for hydroxylation is 3. The molecule has 1 aromatic heterocycles. The molecule has 19 heavy (non-hydrogen) atoms. The van der Waals surface area contributed by atoms with E-state index in [-0.39, 0.29) is 11.6 Å². The lowest BCUT2D eigenvalue weighted by atomic mass is 9.98. The summed E-state index contributed by atoms with van der Waals surface area (Å²) < 4.78 is 13.5. The molecule has 1 heterocycles. The van der Waals surface area contributed by atoms with Crippen molar-refractivity contribution in [1.29, 1.82) is 0 Å². The second-order valence-corrected chi connectivity index (χ2v) is 6.20. The average molecular weight is 274 g/mol. The van der Waals surface area contributed by atoms with Gasteiger partial charge in [0.05, 0.1) is 4.88 Å². The van der Waals surface area contributed by atoms with Gasteiger partial charge in [0.2, 0.25) is 5.78 Å². The van der Waals surface area contributed by atoms with E-state index < -0.39 is 0 Å². The number of rotatable bonds is 2. The van der Waals surface area contributed by atoms with E-state index in [1.165, 1.54) is 29.3 Å². The summed E-state index contributed by atoms with van der Waals surface area (Å²) in [4.78, 5) is 14.5. The van der Waals surface area contributed by atoms with Crippen LogP contribution in [0.2, 0.25) is 0 Å². The summed E-state index contributed by atoms with van der Waals surface area (Å²) in [7, 11) is 0. The van der Waals surface area contributed by atoms with E-state index in [2.05, 4.69) is 0 Å². The van der Waals surface area contributed by atoms with Gasteiger partial charge in [-0.1, -0.05) is 12.1 Å². The zero-order valence-electron chi connectivity index (χ0n) is 10.8. The molecule has 98 valence electrons. The molecule has 1 aromatic carbocycles. The van der Waals surface area contributed by atoms with Crippen LogP contribution >= 0.6 is 11.3 Å². The van der Waals surface area contributed by atoms with Crippen molar-refractivity contribution in [3.8, 4) is 0 Å². The minimum atomic E-state index is -0.313. The number of ketones is 1. The van der Waals surface area contributed by atoms with E-state index >= 15 is 0 Å². The zero-order valence-corrected chi connectivity index (χ0v) is 11.6. The Hall–Kier alpha value is -1.48. The molecule has 0 spiro atoms. The molecule has 0 saturated carbocycles. The van der Waals surface area contributed by atoms with Crippen LogP contribution in [0.5, 0.6) is 0 Å². The molecule has 0 amide bonds. The molecule has 0 aliphatic heterocycles. The third kappa shape index (κ3) is 2.35. The summed E-state index contributed by atoms with van der Waals surface area (Å²) in [5.74, 6) is -0.370. The lowest BCUT2D eigenvalue weighted by Gasteiger charge is -2.08. The normalized spacial score (nSPS) is 14.2. The molecule has 0 unspecified atom stereocenters. The average Bonchev–Trinajstić information content (AvgIpc) is 2.85. The first-order valence-electron chi connectivity index (χ1n) is 6.57. The van der Waals surface area contributed by atoms with Gasteiger partial charge in [0.15, 0.2) is 0 Å². The van der Waals surface area contributed by atoms with Crippen molar-refractivity contribution in [2.45, 2.75) is 32.6 Å². The number of hydrogen-bond donors (Lipinski definition) is 0.